The summed E-state index contributed by atoms with van der Waals surface area (Å²) >= 11 is 0. The SMILES string of the molecule is Cc1ccc(C(=O)NC2CCCCC2CN(C)C)cc1C. The van der Waals surface area contributed by atoms with E-state index in [9.17, 15) is 4.79 Å². The highest BCUT2D eigenvalue weighted by Crippen LogP contribution is 2.25. The van der Waals surface area contributed by atoms with E-state index in [-0.39, 0.29) is 5.91 Å². The molecule has 1 aromatic rings. The first-order valence-corrected chi connectivity index (χ1v) is 8.00. The summed E-state index contributed by atoms with van der Waals surface area (Å²) in [5.74, 6) is 0.651. The lowest BCUT2D eigenvalue weighted by Gasteiger charge is -2.34. The van der Waals surface area contributed by atoms with Gasteiger partial charge in [-0.1, -0.05) is 18.9 Å². The van der Waals surface area contributed by atoms with Crippen LogP contribution in [0.2, 0.25) is 0 Å². The quantitative estimate of drug-likeness (QED) is 0.923. The Morgan fingerprint density at radius 1 is 1.19 bits per heavy atom. The molecular formula is C18H28N2O. The number of carbonyl (C=O) groups is 1. The Bertz CT molecular complexity index is 496. The molecule has 2 unspecified atom stereocenters. The summed E-state index contributed by atoms with van der Waals surface area (Å²) in [7, 11) is 4.22. The van der Waals surface area contributed by atoms with Crippen LogP contribution in [0.15, 0.2) is 18.2 Å². The van der Waals surface area contributed by atoms with Crippen molar-refractivity contribution in [3.8, 4) is 0 Å². The van der Waals surface area contributed by atoms with E-state index in [1.165, 1.54) is 30.4 Å². The van der Waals surface area contributed by atoms with Gasteiger partial charge in [-0.25, -0.2) is 0 Å². The van der Waals surface area contributed by atoms with Crippen LogP contribution in [0, 0.1) is 19.8 Å². The fraction of sp³-hybridized carbons (Fsp3) is 0.611. The number of nitrogens with zero attached hydrogens (tertiary/aromatic N) is 1. The average Bonchev–Trinajstić information content (AvgIpc) is 2.43. The minimum absolute atomic E-state index is 0.0776. The van der Waals surface area contributed by atoms with Crippen molar-refractivity contribution in [1.29, 1.82) is 0 Å². The zero-order chi connectivity index (χ0) is 15.4. The van der Waals surface area contributed by atoms with Crippen LogP contribution in [0.1, 0.15) is 47.2 Å². The third-order valence-corrected chi connectivity index (χ3v) is 4.59. The number of hydrogen-bond donors (Lipinski definition) is 1. The fourth-order valence-electron chi connectivity index (χ4n) is 3.22. The van der Waals surface area contributed by atoms with Crippen LogP contribution in [0.25, 0.3) is 0 Å². The number of amides is 1. The van der Waals surface area contributed by atoms with Crippen molar-refractivity contribution in [2.24, 2.45) is 5.92 Å². The molecule has 0 aliphatic heterocycles. The minimum atomic E-state index is 0.0776. The second kappa shape index (κ2) is 7.08. The van der Waals surface area contributed by atoms with Crippen molar-refractivity contribution in [1.82, 2.24) is 10.2 Å². The average molecular weight is 288 g/mol. The highest BCUT2D eigenvalue weighted by Gasteiger charge is 2.27. The smallest absolute Gasteiger partial charge is 0.251 e. The Hall–Kier alpha value is -1.35. The largest absolute Gasteiger partial charge is 0.349 e. The number of aryl methyl sites for hydroxylation is 2. The molecule has 0 aromatic heterocycles. The Balaban J connectivity index is 2.04. The van der Waals surface area contributed by atoms with Crippen LogP contribution in [0.5, 0.6) is 0 Å². The highest BCUT2D eigenvalue weighted by molar-refractivity contribution is 5.94. The lowest BCUT2D eigenvalue weighted by atomic mass is 9.84. The van der Waals surface area contributed by atoms with Gasteiger partial charge in [-0.2, -0.15) is 0 Å². The van der Waals surface area contributed by atoms with Crippen molar-refractivity contribution in [2.75, 3.05) is 20.6 Å². The van der Waals surface area contributed by atoms with Gasteiger partial charge in [0.1, 0.15) is 0 Å². The summed E-state index contributed by atoms with van der Waals surface area (Å²) < 4.78 is 0. The normalized spacial score (nSPS) is 22.3. The van der Waals surface area contributed by atoms with Crippen molar-refractivity contribution in [3.63, 3.8) is 0 Å². The molecule has 1 saturated carbocycles. The zero-order valence-electron chi connectivity index (χ0n) is 13.8. The van der Waals surface area contributed by atoms with Gasteiger partial charge in [0.2, 0.25) is 0 Å². The van der Waals surface area contributed by atoms with Crippen LogP contribution in [-0.4, -0.2) is 37.5 Å². The Morgan fingerprint density at radius 2 is 1.90 bits per heavy atom. The van der Waals surface area contributed by atoms with E-state index < -0.39 is 0 Å². The summed E-state index contributed by atoms with van der Waals surface area (Å²) in [4.78, 5) is 14.7. The molecule has 0 spiro atoms. The van der Waals surface area contributed by atoms with E-state index in [2.05, 4.69) is 38.2 Å². The van der Waals surface area contributed by atoms with E-state index in [4.69, 9.17) is 0 Å². The molecule has 3 nitrogen and oxygen atoms in total. The topological polar surface area (TPSA) is 32.3 Å². The van der Waals surface area contributed by atoms with Gasteiger partial charge in [0.15, 0.2) is 0 Å². The molecule has 3 heteroatoms. The van der Waals surface area contributed by atoms with E-state index in [0.29, 0.717) is 12.0 Å². The first-order valence-electron chi connectivity index (χ1n) is 8.00. The van der Waals surface area contributed by atoms with Crippen LogP contribution in [0.4, 0.5) is 0 Å². The standard InChI is InChI=1S/C18H28N2O/c1-13-9-10-15(11-14(13)2)18(21)19-17-8-6-5-7-16(17)12-20(3)4/h9-11,16-17H,5-8,12H2,1-4H3,(H,19,21). The van der Waals surface area contributed by atoms with Crippen LogP contribution >= 0.6 is 0 Å². The molecule has 1 aliphatic rings. The van der Waals surface area contributed by atoms with Gasteiger partial charge in [-0.3, -0.25) is 4.79 Å². The third-order valence-electron chi connectivity index (χ3n) is 4.59. The van der Waals surface area contributed by atoms with Crippen LogP contribution in [-0.2, 0) is 0 Å². The maximum atomic E-state index is 12.5. The molecule has 116 valence electrons. The van der Waals surface area contributed by atoms with E-state index in [1.807, 2.05) is 18.2 Å². The second-order valence-electron chi connectivity index (χ2n) is 6.69. The van der Waals surface area contributed by atoms with Crippen molar-refractivity contribution in [2.45, 2.75) is 45.6 Å². The molecule has 1 N–H and O–H groups in total. The van der Waals surface area contributed by atoms with E-state index in [0.717, 1.165) is 18.5 Å². The van der Waals surface area contributed by atoms with Gasteiger partial charge < -0.3 is 10.2 Å². The van der Waals surface area contributed by atoms with Gasteiger partial charge >= 0.3 is 0 Å². The maximum absolute atomic E-state index is 12.5. The van der Waals surface area contributed by atoms with E-state index in [1.54, 1.807) is 0 Å². The summed E-state index contributed by atoms with van der Waals surface area (Å²) in [5.41, 5.74) is 3.19. The number of carbonyl (C=O) groups excluding carboxylic acids is 1. The molecule has 1 aliphatic carbocycles. The molecule has 0 saturated heterocycles. The lowest BCUT2D eigenvalue weighted by Crippen LogP contribution is -2.45. The van der Waals surface area contributed by atoms with Crippen molar-refractivity contribution in [3.05, 3.63) is 34.9 Å². The van der Waals surface area contributed by atoms with Gasteiger partial charge in [-0.05, 0) is 70.0 Å². The molecule has 1 aromatic carbocycles. The summed E-state index contributed by atoms with van der Waals surface area (Å²) in [5, 5.41) is 3.27. The second-order valence-corrected chi connectivity index (χ2v) is 6.69. The number of nitrogens with one attached hydrogen (secondary N) is 1. The first kappa shape index (κ1) is 16.0. The lowest BCUT2D eigenvalue weighted by molar-refractivity contribution is 0.0895. The Morgan fingerprint density at radius 3 is 2.57 bits per heavy atom. The molecule has 0 bridgehead atoms. The molecule has 2 atom stereocenters. The Labute approximate surface area is 128 Å². The van der Waals surface area contributed by atoms with Crippen molar-refractivity contribution >= 4 is 5.91 Å². The monoisotopic (exact) mass is 288 g/mol. The van der Waals surface area contributed by atoms with Gasteiger partial charge in [0.05, 0.1) is 0 Å². The summed E-state index contributed by atoms with van der Waals surface area (Å²) in [6.07, 6.45) is 4.83. The minimum Gasteiger partial charge on any atom is -0.349 e. The summed E-state index contributed by atoms with van der Waals surface area (Å²) in [6, 6.07) is 6.27. The van der Waals surface area contributed by atoms with Crippen LogP contribution in [0.3, 0.4) is 0 Å². The number of hydrogen-bond acceptors (Lipinski definition) is 2. The third kappa shape index (κ3) is 4.31. The molecular weight excluding hydrogens is 260 g/mol. The zero-order valence-corrected chi connectivity index (χ0v) is 13.8. The summed E-state index contributed by atoms with van der Waals surface area (Å²) in [6.45, 7) is 5.19. The first-order chi connectivity index (χ1) is 9.97. The molecule has 0 radical (unpaired) electrons. The molecule has 1 amide bonds. The molecule has 1 fully saturated rings. The van der Waals surface area contributed by atoms with Crippen molar-refractivity contribution < 1.29 is 4.79 Å². The van der Waals surface area contributed by atoms with Gasteiger partial charge in [-0.15, -0.1) is 0 Å². The fourth-order valence-corrected chi connectivity index (χ4v) is 3.22. The predicted octanol–water partition coefficient (Wildman–Crippen LogP) is 3.15. The Kier molecular flexibility index (Phi) is 5.40. The van der Waals surface area contributed by atoms with Gasteiger partial charge in [0.25, 0.3) is 5.91 Å². The van der Waals surface area contributed by atoms with E-state index >= 15 is 0 Å². The van der Waals surface area contributed by atoms with Crippen LogP contribution < -0.4 is 5.32 Å². The number of rotatable bonds is 4. The highest BCUT2D eigenvalue weighted by atomic mass is 16.1. The molecule has 21 heavy (non-hydrogen) atoms. The maximum Gasteiger partial charge on any atom is 0.251 e. The molecule has 0 heterocycles. The molecule has 2 rings (SSSR count). The predicted molar refractivity (Wildman–Crippen MR) is 87.7 cm³/mol. The number of benzene rings is 1. The van der Waals surface area contributed by atoms with Gasteiger partial charge in [0, 0.05) is 18.2 Å².